The van der Waals surface area contributed by atoms with Crippen molar-refractivity contribution in [3.63, 3.8) is 0 Å². The van der Waals surface area contributed by atoms with Crippen LogP contribution in [0, 0.1) is 5.41 Å². The Morgan fingerprint density at radius 2 is 1.67 bits per heavy atom. The van der Waals surface area contributed by atoms with Crippen molar-refractivity contribution in [3.8, 4) is 11.5 Å². The van der Waals surface area contributed by atoms with Crippen LogP contribution in [0.4, 0.5) is 0 Å². The van der Waals surface area contributed by atoms with E-state index in [1.165, 1.54) is 6.08 Å². The Hall–Kier alpha value is -2.21. The van der Waals surface area contributed by atoms with E-state index >= 15 is 0 Å². The monoisotopic (exact) mass is 392 g/mol. The summed E-state index contributed by atoms with van der Waals surface area (Å²) in [6, 6.07) is 3.56. The van der Waals surface area contributed by atoms with Crippen molar-refractivity contribution in [1.82, 2.24) is 9.80 Å². The Morgan fingerprint density at radius 1 is 1.04 bits per heavy atom. The second-order valence-electron chi connectivity index (χ2n) is 7.73. The van der Waals surface area contributed by atoms with E-state index in [-0.39, 0.29) is 11.8 Å². The first-order valence-corrected chi connectivity index (χ1v) is 9.49. The summed E-state index contributed by atoms with van der Waals surface area (Å²) in [5, 5.41) is 0.466. The standard InChI is InChI=1S/C20H25ClN2O4/c1-20(2,3)19(25)23-8-6-22(7-9-23)17(24)5-4-14-12-15(21)18-16(13-14)26-10-11-27-18/h4-5,12-13H,6-11H2,1-3H3/b5-4+. The molecule has 0 aromatic heterocycles. The molecule has 6 nitrogen and oxygen atoms in total. The molecule has 0 atom stereocenters. The van der Waals surface area contributed by atoms with E-state index in [4.69, 9.17) is 21.1 Å². The van der Waals surface area contributed by atoms with Crippen molar-refractivity contribution >= 4 is 29.5 Å². The van der Waals surface area contributed by atoms with Crippen LogP contribution in [0.25, 0.3) is 6.08 Å². The van der Waals surface area contributed by atoms with Crippen molar-refractivity contribution in [1.29, 1.82) is 0 Å². The number of carbonyl (C=O) groups excluding carboxylic acids is 2. The third-order valence-corrected chi connectivity index (χ3v) is 4.84. The van der Waals surface area contributed by atoms with Gasteiger partial charge in [-0.15, -0.1) is 0 Å². The normalized spacial score (nSPS) is 17.3. The molecule has 146 valence electrons. The highest BCUT2D eigenvalue weighted by atomic mass is 35.5. The van der Waals surface area contributed by atoms with Gasteiger partial charge >= 0.3 is 0 Å². The van der Waals surface area contributed by atoms with Crippen LogP contribution in [-0.4, -0.2) is 61.0 Å². The van der Waals surface area contributed by atoms with Crippen molar-refractivity contribution in [2.24, 2.45) is 5.41 Å². The van der Waals surface area contributed by atoms with Gasteiger partial charge in [-0.3, -0.25) is 9.59 Å². The van der Waals surface area contributed by atoms with Crippen molar-refractivity contribution in [2.75, 3.05) is 39.4 Å². The molecule has 0 bridgehead atoms. The van der Waals surface area contributed by atoms with Gasteiger partial charge in [-0.05, 0) is 23.8 Å². The van der Waals surface area contributed by atoms with Crippen LogP contribution < -0.4 is 9.47 Å². The van der Waals surface area contributed by atoms with Crippen LogP contribution in [0.15, 0.2) is 18.2 Å². The zero-order valence-electron chi connectivity index (χ0n) is 16.0. The molecule has 27 heavy (non-hydrogen) atoms. The highest BCUT2D eigenvalue weighted by molar-refractivity contribution is 6.32. The molecule has 2 aliphatic rings. The van der Waals surface area contributed by atoms with Gasteiger partial charge in [0.1, 0.15) is 13.2 Å². The molecule has 0 unspecified atom stereocenters. The Kier molecular flexibility index (Phi) is 5.65. The summed E-state index contributed by atoms with van der Waals surface area (Å²) in [6.45, 7) is 8.88. The molecule has 0 saturated carbocycles. The predicted octanol–water partition coefficient (Wildman–Crippen LogP) is 2.84. The van der Waals surface area contributed by atoms with Gasteiger partial charge in [0, 0.05) is 37.7 Å². The van der Waals surface area contributed by atoms with Gasteiger partial charge in [0.2, 0.25) is 11.8 Å². The second kappa shape index (κ2) is 7.80. The maximum Gasteiger partial charge on any atom is 0.246 e. The molecule has 1 saturated heterocycles. The highest BCUT2D eigenvalue weighted by Crippen LogP contribution is 2.38. The summed E-state index contributed by atoms with van der Waals surface area (Å²) in [5.74, 6) is 1.18. The molecule has 2 aliphatic heterocycles. The fourth-order valence-electron chi connectivity index (χ4n) is 3.10. The quantitative estimate of drug-likeness (QED) is 0.726. The van der Waals surface area contributed by atoms with Crippen molar-refractivity contribution < 1.29 is 19.1 Å². The van der Waals surface area contributed by atoms with E-state index in [1.54, 1.807) is 17.0 Å². The van der Waals surface area contributed by atoms with Gasteiger partial charge in [0.05, 0.1) is 5.02 Å². The van der Waals surface area contributed by atoms with Gasteiger partial charge in [0.25, 0.3) is 0 Å². The van der Waals surface area contributed by atoms with E-state index in [0.717, 1.165) is 5.56 Å². The summed E-state index contributed by atoms with van der Waals surface area (Å²) >= 11 is 6.22. The smallest absolute Gasteiger partial charge is 0.246 e. The number of piperazine rings is 1. The number of fused-ring (bicyclic) bond motifs is 1. The molecule has 2 amide bonds. The molecule has 1 fully saturated rings. The molecule has 0 radical (unpaired) electrons. The molecular weight excluding hydrogens is 368 g/mol. The lowest BCUT2D eigenvalue weighted by Gasteiger charge is -2.37. The lowest BCUT2D eigenvalue weighted by molar-refractivity contribution is -0.143. The first-order valence-electron chi connectivity index (χ1n) is 9.11. The number of hydrogen-bond acceptors (Lipinski definition) is 4. The summed E-state index contributed by atoms with van der Waals surface area (Å²) in [4.78, 5) is 28.4. The number of benzene rings is 1. The van der Waals surface area contributed by atoms with Crippen LogP contribution in [-0.2, 0) is 9.59 Å². The van der Waals surface area contributed by atoms with Crippen LogP contribution in [0.3, 0.4) is 0 Å². The number of nitrogens with zero attached hydrogens (tertiary/aromatic N) is 2. The zero-order valence-corrected chi connectivity index (χ0v) is 16.7. The lowest BCUT2D eigenvalue weighted by Crippen LogP contribution is -2.52. The second-order valence-corrected chi connectivity index (χ2v) is 8.13. The van der Waals surface area contributed by atoms with E-state index in [1.807, 2.05) is 31.7 Å². The number of ether oxygens (including phenoxy) is 2. The minimum atomic E-state index is -0.399. The van der Waals surface area contributed by atoms with Gasteiger partial charge < -0.3 is 19.3 Å². The third-order valence-electron chi connectivity index (χ3n) is 4.56. The SMILES string of the molecule is CC(C)(C)C(=O)N1CCN(C(=O)/C=C/c2cc(Cl)c3c(c2)OCCO3)CC1. The molecule has 0 N–H and O–H groups in total. The predicted molar refractivity (Wildman–Crippen MR) is 104 cm³/mol. The topological polar surface area (TPSA) is 59.1 Å². The van der Waals surface area contributed by atoms with Crippen molar-refractivity contribution in [3.05, 3.63) is 28.8 Å². The van der Waals surface area contributed by atoms with Crippen LogP contribution >= 0.6 is 11.6 Å². The molecular formula is C20H25ClN2O4. The van der Waals surface area contributed by atoms with E-state index in [9.17, 15) is 9.59 Å². The molecule has 3 rings (SSSR count). The Bertz CT molecular complexity index is 762. The Labute approximate surface area is 164 Å². The molecule has 2 heterocycles. The average Bonchev–Trinajstić information content (AvgIpc) is 2.65. The number of halogens is 1. The minimum Gasteiger partial charge on any atom is -0.486 e. The van der Waals surface area contributed by atoms with E-state index in [2.05, 4.69) is 0 Å². The summed E-state index contributed by atoms with van der Waals surface area (Å²) in [5.41, 5.74) is 0.378. The first-order chi connectivity index (χ1) is 12.8. The Balaban J connectivity index is 1.60. The molecule has 1 aromatic rings. The largest absolute Gasteiger partial charge is 0.486 e. The fourth-order valence-corrected chi connectivity index (χ4v) is 3.38. The third kappa shape index (κ3) is 4.56. The van der Waals surface area contributed by atoms with Crippen LogP contribution in [0.1, 0.15) is 26.3 Å². The summed E-state index contributed by atoms with van der Waals surface area (Å²) in [6.07, 6.45) is 3.25. The minimum absolute atomic E-state index is 0.0798. The maximum absolute atomic E-state index is 12.5. The first kappa shape index (κ1) is 19.5. The van der Waals surface area contributed by atoms with Gasteiger partial charge in [-0.1, -0.05) is 32.4 Å². The van der Waals surface area contributed by atoms with E-state index < -0.39 is 5.41 Å². The molecule has 0 spiro atoms. The molecule has 7 heteroatoms. The summed E-state index contributed by atoms with van der Waals surface area (Å²) in [7, 11) is 0. The van der Waals surface area contributed by atoms with Crippen molar-refractivity contribution in [2.45, 2.75) is 20.8 Å². The Morgan fingerprint density at radius 3 is 2.33 bits per heavy atom. The number of amides is 2. The fraction of sp³-hybridized carbons (Fsp3) is 0.500. The highest BCUT2D eigenvalue weighted by Gasteiger charge is 2.30. The van der Waals surface area contributed by atoms with Crippen LogP contribution in [0.2, 0.25) is 5.02 Å². The molecule has 0 aliphatic carbocycles. The number of carbonyl (C=O) groups is 2. The van der Waals surface area contributed by atoms with E-state index in [0.29, 0.717) is 55.9 Å². The zero-order chi connectivity index (χ0) is 19.6. The van der Waals surface area contributed by atoms with Gasteiger partial charge in [-0.2, -0.15) is 0 Å². The average molecular weight is 393 g/mol. The number of hydrogen-bond donors (Lipinski definition) is 0. The number of rotatable bonds is 2. The van der Waals surface area contributed by atoms with Gasteiger partial charge in [-0.25, -0.2) is 0 Å². The van der Waals surface area contributed by atoms with Crippen LogP contribution in [0.5, 0.6) is 11.5 Å². The molecule has 1 aromatic carbocycles. The summed E-state index contributed by atoms with van der Waals surface area (Å²) < 4.78 is 11.0. The van der Waals surface area contributed by atoms with Gasteiger partial charge in [0.15, 0.2) is 11.5 Å². The lowest BCUT2D eigenvalue weighted by atomic mass is 9.94. The maximum atomic E-state index is 12.5.